The van der Waals surface area contributed by atoms with E-state index in [9.17, 15) is 0 Å². The smallest absolute Gasteiger partial charge is 0.231 e. The van der Waals surface area contributed by atoms with E-state index in [0.717, 1.165) is 41.5 Å². The molecule has 0 spiro atoms. The van der Waals surface area contributed by atoms with Crippen LogP contribution >= 0.6 is 0 Å². The van der Waals surface area contributed by atoms with Crippen LogP contribution in [0.4, 0.5) is 0 Å². The van der Waals surface area contributed by atoms with Crippen molar-refractivity contribution in [3.63, 3.8) is 0 Å². The van der Waals surface area contributed by atoms with Crippen LogP contribution in [0.1, 0.15) is 43.7 Å². The zero-order valence-electron chi connectivity index (χ0n) is 19.4. The maximum Gasteiger partial charge on any atom is 0.231 e. The van der Waals surface area contributed by atoms with Gasteiger partial charge in [0.2, 0.25) is 12.5 Å². The van der Waals surface area contributed by atoms with Crippen molar-refractivity contribution in [3.05, 3.63) is 35.4 Å². The molecule has 3 aliphatic rings. The van der Waals surface area contributed by atoms with Crippen LogP contribution in [0.15, 0.2) is 24.3 Å². The predicted molar refractivity (Wildman–Crippen MR) is 120 cm³/mol. The highest BCUT2D eigenvalue weighted by molar-refractivity contribution is 5.62. The normalized spacial score (nSPS) is 26.4. The van der Waals surface area contributed by atoms with Gasteiger partial charge in [-0.25, -0.2) is 0 Å². The summed E-state index contributed by atoms with van der Waals surface area (Å²) in [5, 5.41) is 0. The zero-order valence-corrected chi connectivity index (χ0v) is 19.4. The number of benzene rings is 2. The summed E-state index contributed by atoms with van der Waals surface area (Å²) in [4.78, 5) is 2.46. The van der Waals surface area contributed by atoms with Gasteiger partial charge in [0.15, 0.2) is 28.7 Å². The molecule has 2 aromatic carbocycles. The molecule has 0 N–H and O–H groups in total. The van der Waals surface area contributed by atoms with E-state index in [4.69, 9.17) is 28.4 Å². The third kappa shape index (κ3) is 3.05. The number of rotatable bonds is 5. The summed E-state index contributed by atoms with van der Waals surface area (Å²) in [5.41, 5.74) is 1.62. The lowest BCUT2D eigenvalue weighted by Gasteiger charge is -2.50. The van der Waals surface area contributed by atoms with E-state index in [-0.39, 0.29) is 18.6 Å². The van der Waals surface area contributed by atoms with Crippen LogP contribution in [0.25, 0.3) is 0 Å². The summed E-state index contributed by atoms with van der Waals surface area (Å²) < 4.78 is 35.3. The summed E-state index contributed by atoms with van der Waals surface area (Å²) in [5.74, 6) is 4.32. The molecule has 3 aliphatic heterocycles. The highest BCUT2D eigenvalue weighted by atomic mass is 16.7. The number of hydrogen-bond donors (Lipinski definition) is 0. The number of fused-ring (bicyclic) bond motifs is 2. The predicted octanol–water partition coefficient (Wildman–Crippen LogP) is 4.41. The molecule has 0 aliphatic carbocycles. The largest absolute Gasteiger partial charge is 0.493 e. The van der Waals surface area contributed by atoms with Gasteiger partial charge in [0.25, 0.3) is 0 Å². The van der Waals surface area contributed by atoms with Crippen molar-refractivity contribution in [2.45, 2.75) is 38.3 Å². The second-order valence-electron chi connectivity index (χ2n) is 8.78. The fraction of sp³-hybridized carbons (Fsp3) is 0.520. The van der Waals surface area contributed by atoms with Gasteiger partial charge in [-0.15, -0.1) is 0 Å². The minimum atomic E-state index is -0.472. The molecule has 7 nitrogen and oxygen atoms in total. The summed E-state index contributed by atoms with van der Waals surface area (Å²) in [7, 11) is 4.94. The van der Waals surface area contributed by atoms with Crippen LogP contribution in [0.5, 0.6) is 34.5 Å². The Morgan fingerprint density at radius 2 is 1.56 bits per heavy atom. The number of nitrogens with zero attached hydrogens (tertiary/aromatic N) is 1. The Morgan fingerprint density at radius 3 is 2.22 bits per heavy atom. The first-order valence-electron chi connectivity index (χ1n) is 11.2. The molecule has 5 rings (SSSR count). The number of ether oxygens (including phenoxy) is 6. The molecule has 1 saturated heterocycles. The molecule has 1 fully saturated rings. The molecular formula is C25H31NO6. The van der Waals surface area contributed by atoms with E-state index in [1.54, 1.807) is 21.3 Å². The number of likely N-dealkylation sites (tertiary alicyclic amines) is 1. The monoisotopic (exact) mass is 441 g/mol. The Labute approximate surface area is 189 Å². The Bertz CT molecular complexity index is 1020. The highest BCUT2D eigenvalue weighted by Gasteiger charge is 2.50. The van der Waals surface area contributed by atoms with Crippen molar-refractivity contribution < 1.29 is 28.4 Å². The first kappa shape index (κ1) is 21.1. The molecule has 2 aromatic rings. The first-order valence-corrected chi connectivity index (χ1v) is 11.2. The summed E-state index contributed by atoms with van der Waals surface area (Å²) in [6.45, 7) is 6.73. The van der Waals surface area contributed by atoms with Crippen molar-refractivity contribution in [2.75, 3.05) is 41.2 Å². The van der Waals surface area contributed by atoms with Gasteiger partial charge in [0, 0.05) is 42.1 Å². The summed E-state index contributed by atoms with van der Waals surface area (Å²) in [6, 6.07) is 8.04. The molecule has 172 valence electrons. The quantitative estimate of drug-likeness (QED) is 0.681. The Balaban J connectivity index is 1.72. The Hall–Kier alpha value is -2.80. The first-order chi connectivity index (χ1) is 15.5. The molecule has 0 radical (unpaired) electrons. The topological polar surface area (TPSA) is 58.6 Å². The van der Waals surface area contributed by atoms with Crippen molar-refractivity contribution in [3.8, 4) is 34.5 Å². The maximum absolute atomic E-state index is 6.76. The minimum Gasteiger partial charge on any atom is -0.493 e. The van der Waals surface area contributed by atoms with Crippen LogP contribution in [-0.4, -0.2) is 51.8 Å². The van der Waals surface area contributed by atoms with Crippen LogP contribution in [-0.2, 0) is 0 Å². The van der Waals surface area contributed by atoms with Gasteiger partial charge in [-0.2, -0.15) is 0 Å². The van der Waals surface area contributed by atoms with Crippen LogP contribution < -0.4 is 28.4 Å². The molecule has 3 atom stereocenters. The molecule has 0 saturated carbocycles. The van der Waals surface area contributed by atoms with E-state index in [0.29, 0.717) is 17.2 Å². The average Bonchev–Trinajstić information content (AvgIpc) is 3.50. The summed E-state index contributed by atoms with van der Waals surface area (Å²) >= 11 is 0. The fourth-order valence-corrected chi connectivity index (χ4v) is 5.48. The lowest BCUT2D eigenvalue weighted by molar-refractivity contribution is -0.114. The van der Waals surface area contributed by atoms with Crippen LogP contribution in [0.3, 0.4) is 0 Å². The second kappa shape index (κ2) is 7.96. The van der Waals surface area contributed by atoms with Crippen molar-refractivity contribution in [2.24, 2.45) is 5.92 Å². The van der Waals surface area contributed by atoms with Crippen LogP contribution in [0, 0.1) is 5.92 Å². The minimum absolute atomic E-state index is 0.00592. The van der Waals surface area contributed by atoms with E-state index in [2.05, 4.69) is 30.9 Å². The van der Waals surface area contributed by atoms with E-state index in [1.165, 1.54) is 12.8 Å². The number of hydrogen-bond acceptors (Lipinski definition) is 7. The molecule has 0 bridgehead atoms. The zero-order chi connectivity index (χ0) is 22.5. The maximum atomic E-state index is 6.76. The van der Waals surface area contributed by atoms with E-state index >= 15 is 0 Å². The standard InChI is InChI=1S/C25H31NO6/c1-15-22(16-8-9-18(27-3)24(29-5)23(16)28-4)17-12-20-21(31-14-30-20)13-19(17)32-25(15,2)26-10-6-7-11-26/h8-9,12-13,15,22H,6-7,10-11,14H2,1-5H3/t15-,22+,25+/m0/s1. The van der Waals surface area contributed by atoms with Gasteiger partial charge in [-0.3, -0.25) is 4.90 Å². The third-order valence-electron chi connectivity index (χ3n) is 7.31. The number of methoxy groups -OCH3 is 3. The van der Waals surface area contributed by atoms with Crippen molar-refractivity contribution in [1.29, 1.82) is 0 Å². The molecule has 0 amide bonds. The van der Waals surface area contributed by atoms with Gasteiger partial charge >= 0.3 is 0 Å². The molecule has 0 unspecified atom stereocenters. The molecule has 7 heteroatoms. The lowest BCUT2D eigenvalue weighted by Crippen LogP contribution is -2.57. The van der Waals surface area contributed by atoms with E-state index < -0.39 is 5.72 Å². The molecular weight excluding hydrogens is 410 g/mol. The van der Waals surface area contributed by atoms with Gasteiger partial charge in [0.1, 0.15) is 5.75 Å². The Kier molecular flexibility index (Phi) is 5.24. The molecule has 0 aromatic heterocycles. The summed E-state index contributed by atoms with van der Waals surface area (Å²) in [6.07, 6.45) is 2.37. The second-order valence-corrected chi connectivity index (χ2v) is 8.78. The lowest BCUT2D eigenvalue weighted by atomic mass is 9.73. The molecule has 32 heavy (non-hydrogen) atoms. The van der Waals surface area contributed by atoms with E-state index in [1.807, 2.05) is 12.1 Å². The van der Waals surface area contributed by atoms with Gasteiger partial charge < -0.3 is 28.4 Å². The fourth-order valence-electron chi connectivity index (χ4n) is 5.48. The SMILES string of the molecule is COc1ccc([C@@H]2c3cc4c(cc3O[C@@](C)(N3CCCC3)[C@H]2C)OCO4)c(OC)c1OC. The highest BCUT2D eigenvalue weighted by Crippen LogP contribution is 2.56. The van der Waals surface area contributed by atoms with Crippen molar-refractivity contribution in [1.82, 2.24) is 4.90 Å². The van der Waals surface area contributed by atoms with Crippen molar-refractivity contribution >= 4 is 0 Å². The van der Waals surface area contributed by atoms with Gasteiger partial charge in [-0.1, -0.05) is 13.0 Å². The van der Waals surface area contributed by atoms with Gasteiger partial charge in [0.05, 0.1) is 21.3 Å². The Morgan fingerprint density at radius 1 is 0.875 bits per heavy atom. The van der Waals surface area contributed by atoms with Gasteiger partial charge in [-0.05, 0) is 31.9 Å². The van der Waals surface area contributed by atoms with Crippen LogP contribution in [0.2, 0.25) is 0 Å². The third-order valence-corrected chi connectivity index (χ3v) is 7.31. The average molecular weight is 442 g/mol. The molecule has 3 heterocycles.